The lowest BCUT2D eigenvalue weighted by Gasteiger charge is -2.38. The lowest BCUT2D eigenvalue weighted by Crippen LogP contribution is -2.32. The largest absolute Gasteiger partial charge is 0.388 e. The second-order valence-corrected chi connectivity index (χ2v) is 11.2. The minimum absolute atomic E-state index is 0.0358. The molecule has 2 aromatic rings. The van der Waals surface area contributed by atoms with Crippen LogP contribution in [0, 0.1) is 24.0 Å². The Bertz CT molecular complexity index is 1090. The summed E-state index contributed by atoms with van der Waals surface area (Å²) in [6, 6.07) is 2.34. The molecule has 1 fully saturated rings. The molecule has 1 saturated carbocycles. The van der Waals surface area contributed by atoms with E-state index in [-0.39, 0.29) is 11.3 Å². The van der Waals surface area contributed by atoms with E-state index in [4.69, 9.17) is 9.72 Å². The molecule has 1 unspecified atom stereocenters. The number of hydrogen-bond donors (Lipinski definition) is 1. The van der Waals surface area contributed by atoms with Gasteiger partial charge in [-0.15, -0.1) is 0 Å². The zero-order valence-corrected chi connectivity index (χ0v) is 19.7. The van der Waals surface area contributed by atoms with Crippen LogP contribution in [0.1, 0.15) is 117 Å². The smallest absolute Gasteiger partial charge is 0.129 e. The highest BCUT2D eigenvalue weighted by atomic mass is 19.1. The fourth-order valence-corrected chi connectivity index (χ4v) is 6.34. The molecule has 2 heterocycles. The summed E-state index contributed by atoms with van der Waals surface area (Å²) in [5.74, 6) is -1.03. The first-order chi connectivity index (χ1) is 15.0. The Morgan fingerprint density at radius 2 is 1.81 bits per heavy atom. The van der Waals surface area contributed by atoms with Crippen molar-refractivity contribution < 1.29 is 18.6 Å². The molecule has 3 nitrogen and oxygen atoms in total. The van der Waals surface area contributed by atoms with Gasteiger partial charge in [0.25, 0.3) is 0 Å². The van der Waals surface area contributed by atoms with Gasteiger partial charge in [0.2, 0.25) is 0 Å². The third-order valence-corrected chi connectivity index (χ3v) is 7.76. The van der Waals surface area contributed by atoms with Crippen LogP contribution in [0.15, 0.2) is 12.1 Å². The van der Waals surface area contributed by atoms with Crippen LogP contribution < -0.4 is 0 Å². The molecule has 1 spiro atoms. The maximum absolute atomic E-state index is 14.6. The van der Waals surface area contributed by atoms with Crippen molar-refractivity contribution >= 4 is 0 Å². The van der Waals surface area contributed by atoms with E-state index in [1.165, 1.54) is 6.07 Å². The van der Waals surface area contributed by atoms with Gasteiger partial charge >= 0.3 is 0 Å². The number of benzene rings is 1. The SMILES string of the molecule is Cc1c(F)cc(F)cc1C1OC2(CCCC2)c2c1c(C(C)C)nc1c2[C@@H](O)CC(C)(C)C1. The molecule has 0 bridgehead atoms. The summed E-state index contributed by atoms with van der Waals surface area (Å²) in [4.78, 5) is 5.11. The number of rotatable bonds is 2. The van der Waals surface area contributed by atoms with Crippen LogP contribution in [-0.4, -0.2) is 10.1 Å². The first-order valence-electron chi connectivity index (χ1n) is 11.9. The van der Waals surface area contributed by atoms with E-state index < -0.39 is 29.4 Å². The second-order valence-electron chi connectivity index (χ2n) is 11.2. The summed E-state index contributed by atoms with van der Waals surface area (Å²) in [5, 5.41) is 11.3. The van der Waals surface area contributed by atoms with Gasteiger partial charge in [-0.2, -0.15) is 0 Å². The number of ether oxygens (including phenoxy) is 1. The van der Waals surface area contributed by atoms with Crippen molar-refractivity contribution in [1.29, 1.82) is 0 Å². The van der Waals surface area contributed by atoms with E-state index >= 15 is 0 Å². The molecule has 0 amide bonds. The van der Waals surface area contributed by atoms with E-state index in [0.717, 1.165) is 66.2 Å². The van der Waals surface area contributed by atoms with Gasteiger partial charge in [-0.1, -0.05) is 40.5 Å². The number of nitrogens with zero attached hydrogens (tertiary/aromatic N) is 1. The maximum atomic E-state index is 14.6. The molecule has 1 aromatic carbocycles. The van der Waals surface area contributed by atoms with E-state index in [1.54, 1.807) is 6.92 Å². The lowest BCUT2D eigenvalue weighted by atomic mass is 9.70. The summed E-state index contributed by atoms with van der Waals surface area (Å²) in [7, 11) is 0. The zero-order valence-electron chi connectivity index (χ0n) is 19.7. The fraction of sp³-hybridized carbons (Fsp3) is 0.593. The van der Waals surface area contributed by atoms with Crippen LogP contribution in [-0.2, 0) is 16.8 Å². The van der Waals surface area contributed by atoms with Gasteiger partial charge in [-0.05, 0) is 66.7 Å². The molecule has 5 rings (SSSR count). The molecule has 1 aromatic heterocycles. The van der Waals surface area contributed by atoms with Gasteiger partial charge in [0.15, 0.2) is 0 Å². The zero-order chi connectivity index (χ0) is 23.0. The van der Waals surface area contributed by atoms with Crippen LogP contribution in [0.4, 0.5) is 8.78 Å². The van der Waals surface area contributed by atoms with Crippen molar-refractivity contribution in [2.24, 2.45) is 5.41 Å². The van der Waals surface area contributed by atoms with Crippen LogP contribution in [0.25, 0.3) is 0 Å². The first kappa shape index (κ1) is 22.0. The molecule has 172 valence electrons. The van der Waals surface area contributed by atoms with Gasteiger partial charge in [0.1, 0.15) is 17.7 Å². The summed E-state index contributed by atoms with van der Waals surface area (Å²) in [6.45, 7) is 10.2. The monoisotopic (exact) mass is 441 g/mol. The van der Waals surface area contributed by atoms with Crippen molar-refractivity contribution in [3.63, 3.8) is 0 Å². The number of fused-ring (bicyclic) bond motifs is 4. The number of aliphatic hydroxyl groups is 1. The number of pyridine rings is 1. The molecule has 2 aliphatic carbocycles. The summed E-state index contributed by atoms with van der Waals surface area (Å²) in [5.41, 5.74) is 5.21. The molecule has 0 radical (unpaired) electrons. The van der Waals surface area contributed by atoms with Gasteiger partial charge in [-0.3, -0.25) is 4.98 Å². The third kappa shape index (κ3) is 3.23. The van der Waals surface area contributed by atoms with Crippen molar-refractivity contribution in [3.8, 4) is 0 Å². The Hall–Kier alpha value is -1.85. The van der Waals surface area contributed by atoms with E-state index in [9.17, 15) is 13.9 Å². The van der Waals surface area contributed by atoms with Gasteiger partial charge in [-0.25, -0.2) is 8.78 Å². The minimum atomic E-state index is -0.610. The van der Waals surface area contributed by atoms with Crippen molar-refractivity contribution in [3.05, 3.63) is 63.0 Å². The molecular weight excluding hydrogens is 408 g/mol. The average Bonchev–Trinajstić information content (AvgIpc) is 3.28. The summed E-state index contributed by atoms with van der Waals surface area (Å²) >= 11 is 0. The topological polar surface area (TPSA) is 42.4 Å². The standard InChI is InChI=1S/C27H33F2NO2/c1-14(2)24-22-23(21-19(30-24)12-26(4,5)13-20(21)31)27(8-6-7-9-27)32-25(22)17-10-16(28)11-18(29)15(17)3/h10-11,14,20,25,31H,6-9,12-13H2,1-5H3/t20-,25?/m0/s1. The van der Waals surface area contributed by atoms with Crippen LogP contribution in [0.3, 0.4) is 0 Å². The number of aliphatic hydroxyl groups excluding tert-OH is 1. The Labute approximate surface area is 189 Å². The first-order valence-corrected chi connectivity index (χ1v) is 11.9. The molecule has 1 N–H and O–H groups in total. The average molecular weight is 442 g/mol. The highest BCUT2D eigenvalue weighted by molar-refractivity contribution is 5.55. The van der Waals surface area contributed by atoms with Crippen molar-refractivity contribution in [2.75, 3.05) is 0 Å². The highest BCUT2D eigenvalue weighted by Crippen LogP contribution is 2.59. The minimum Gasteiger partial charge on any atom is -0.388 e. The Kier molecular flexibility index (Phi) is 5.03. The number of halogens is 2. The molecule has 32 heavy (non-hydrogen) atoms. The summed E-state index contributed by atoms with van der Waals surface area (Å²) in [6.07, 6.45) is 4.09. The highest BCUT2D eigenvalue weighted by Gasteiger charge is 2.53. The molecular formula is C27H33F2NO2. The van der Waals surface area contributed by atoms with Crippen LogP contribution >= 0.6 is 0 Å². The van der Waals surface area contributed by atoms with Gasteiger partial charge in [0.05, 0.1) is 11.7 Å². The molecule has 5 heteroatoms. The number of hydrogen-bond acceptors (Lipinski definition) is 3. The predicted octanol–water partition coefficient (Wildman–Crippen LogP) is 6.69. The normalized spacial score (nSPS) is 25.4. The van der Waals surface area contributed by atoms with E-state index in [1.807, 2.05) is 0 Å². The van der Waals surface area contributed by atoms with Crippen LogP contribution in [0.5, 0.6) is 0 Å². The molecule has 2 atom stereocenters. The molecule has 0 saturated heterocycles. The lowest BCUT2D eigenvalue weighted by molar-refractivity contribution is -0.0584. The molecule has 3 aliphatic rings. The van der Waals surface area contributed by atoms with Gasteiger partial charge < -0.3 is 9.84 Å². The maximum Gasteiger partial charge on any atom is 0.129 e. The Balaban J connectivity index is 1.83. The second kappa shape index (κ2) is 7.33. The van der Waals surface area contributed by atoms with Crippen LogP contribution in [0.2, 0.25) is 0 Å². The van der Waals surface area contributed by atoms with Crippen molar-refractivity contribution in [1.82, 2.24) is 4.98 Å². The number of aromatic nitrogens is 1. The predicted molar refractivity (Wildman–Crippen MR) is 120 cm³/mol. The molecule has 1 aliphatic heterocycles. The Morgan fingerprint density at radius 3 is 2.47 bits per heavy atom. The fourth-order valence-electron chi connectivity index (χ4n) is 6.34. The van der Waals surface area contributed by atoms with Crippen molar-refractivity contribution in [2.45, 2.75) is 96.9 Å². The third-order valence-electron chi connectivity index (χ3n) is 7.76. The Morgan fingerprint density at radius 1 is 1.12 bits per heavy atom. The van der Waals surface area contributed by atoms with Gasteiger partial charge in [0, 0.05) is 28.6 Å². The van der Waals surface area contributed by atoms with E-state index in [0.29, 0.717) is 17.5 Å². The summed E-state index contributed by atoms with van der Waals surface area (Å²) < 4.78 is 35.7. The quantitative estimate of drug-likeness (QED) is 0.565. The van der Waals surface area contributed by atoms with E-state index in [2.05, 4.69) is 27.7 Å².